The van der Waals surface area contributed by atoms with E-state index in [9.17, 15) is 4.79 Å². The van der Waals surface area contributed by atoms with E-state index in [2.05, 4.69) is 13.8 Å². The van der Waals surface area contributed by atoms with Gasteiger partial charge in [-0.25, -0.2) is 4.79 Å². The van der Waals surface area contributed by atoms with Gasteiger partial charge >= 0.3 is 5.97 Å². The Balaban J connectivity index is 2.79. The van der Waals surface area contributed by atoms with Crippen molar-refractivity contribution in [2.45, 2.75) is 25.2 Å². The van der Waals surface area contributed by atoms with E-state index in [-0.39, 0.29) is 5.97 Å². The Labute approximate surface area is 107 Å². The second-order valence-electron chi connectivity index (χ2n) is 4.28. The van der Waals surface area contributed by atoms with Gasteiger partial charge in [0.05, 0.1) is 12.7 Å². The Bertz CT molecular complexity index is 391. The summed E-state index contributed by atoms with van der Waals surface area (Å²) in [4.78, 5) is 12.5. The molecule has 0 spiro atoms. The number of benzene rings is 1. The third-order valence-corrected chi connectivity index (χ3v) is 3.47. The number of carbonyl (C=O) groups excluding carboxylic acids is 1. The first-order chi connectivity index (χ1) is 8.04. The van der Waals surface area contributed by atoms with Crippen molar-refractivity contribution in [2.75, 3.05) is 18.6 Å². The van der Waals surface area contributed by atoms with Crippen LogP contribution < -0.4 is 5.73 Å². The summed E-state index contributed by atoms with van der Waals surface area (Å²) in [6.45, 7) is 4.37. The first-order valence-corrected chi connectivity index (χ1v) is 6.63. The summed E-state index contributed by atoms with van der Waals surface area (Å²) in [7, 11) is 1.38. The van der Waals surface area contributed by atoms with Crippen molar-refractivity contribution in [1.82, 2.24) is 0 Å². The largest absolute Gasteiger partial charge is 0.465 e. The molecule has 17 heavy (non-hydrogen) atoms. The van der Waals surface area contributed by atoms with Crippen LogP contribution in [0.5, 0.6) is 0 Å². The second-order valence-corrected chi connectivity index (χ2v) is 5.41. The fourth-order valence-electron chi connectivity index (χ4n) is 1.35. The van der Waals surface area contributed by atoms with Gasteiger partial charge in [-0.1, -0.05) is 13.8 Å². The molecule has 0 saturated carbocycles. The normalized spacial score (nSPS) is 10.6. The summed E-state index contributed by atoms with van der Waals surface area (Å²) in [5.74, 6) is 1.33. The number of hydrogen-bond acceptors (Lipinski definition) is 4. The number of ether oxygens (including phenoxy) is 1. The molecule has 1 aromatic carbocycles. The summed E-state index contributed by atoms with van der Waals surface area (Å²) >= 11 is 1.67. The van der Waals surface area contributed by atoms with Crippen LogP contribution in [0.15, 0.2) is 23.1 Å². The minimum atomic E-state index is -0.329. The van der Waals surface area contributed by atoms with Crippen LogP contribution in [0, 0.1) is 5.92 Å². The van der Waals surface area contributed by atoms with Crippen LogP contribution in [-0.2, 0) is 4.74 Å². The first-order valence-electron chi connectivity index (χ1n) is 5.65. The first kappa shape index (κ1) is 13.9. The molecule has 2 N–H and O–H groups in total. The molecule has 0 radical (unpaired) electrons. The van der Waals surface area contributed by atoms with Gasteiger partial charge in [-0.3, -0.25) is 0 Å². The van der Waals surface area contributed by atoms with Gasteiger partial charge in [0.1, 0.15) is 0 Å². The Morgan fingerprint density at radius 2 is 2.18 bits per heavy atom. The highest BCUT2D eigenvalue weighted by atomic mass is 32.2. The molecular formula is C13H19NO2S. The standard InChI is InChI=1S/C13H19NO2S/c1-9(2)6-7-17-12-5-4-10(14)8-11(12)13(15)16-3/h4-5,8-9H,6-7,14H2,1-3H3. The lowest BCUT2D eigenvalue weighted by Gasteiger charge is -2.09. The van der Waals surface area contributed by atoms with Crippen molar-refractivity contribution < 1.29 is 9.53 Å². The Morgan fingerprint density at radius 1 is 1.47 bits per heavy atom. The number of nitrogens with two attached hydrogens (primary N) is 1. The van der Waals surface area contributed by atoms with Gasteiger partial charge in [0.2, 0.25) is 0 Å². The molecule has 0 atom stereocenters. The Hall–Kier alpha value is -1.16. The molecule has 94 valence electrons. The molecule has 1 aromatic rings. The number of anilines is 1. The minimum Gasteiger partial charge on any atom is -0.465 e. The van der Waals surface area contributed by atoms with E-state index < -0.39 is 0 Å². The summed E-state index contributed by atoms with van der Waals surface area (Å²) in [5, 5.41) is 0. The average Bonchev–Trinajstić information content (AvgIpc) is 2.29. The molecule has 0 saturated heterocycles. The predicted octanol–water partition coefficient (Wildman–Crippen LogP) is 3.19. The maximum atomic E-state index is 11.6. The second kappa shape index (κ2) is 6.55. The van der Waals surface area contributed by atoms with Crippen LogP contribution in [0.4, 0.5) is 5.69 Å². The number of esters is 1. The number of nitrogen functional groups attached to an aromatic ring is 1. The smallest absolute Gasteiger partial charge is 0.339 e. The number of methoxy groups -OCH3 is 1. The maximum Gasteiger partial charge on any atom is 0.339 e. The third kappa shape index (κ3) is 4.30. The average molecular weight is 253 g/mol. The van der Waals surface area contributed by atoms with Gasteiger partial charge in [0.15, 0.2) is 0 Å². The summed E-state index contributed by atoms with van der Waals surface area (Å²) in [5.41, 5.74) is 6.82. The zero-order chi connectivity index (χ0) is 12.8. The van der Waals surface area contributed by atoms with Gasteiger partial charge in [-0.05, 0) is 36.3 Å². The van der Waals surface area contributed by atoms with Crippen LogP contribution >= 0.6 is 11.8 Å². The zero-order valence-corrected chi connectivity index (χ0v) is 11.3. The number of hydrogen-bond donors (Lipinski definition) is 1. The fourth-order valence-corrected chi connectivity index (χ4v) is 2.62. The maximum absolute atomic E-state index is 11.6. The molecule has 0 fully saturated rings. The predicted molar refractivity (Wildman–Crippen MR) is 72.4 cm³/mol. The lowest BCUT2D eigenvalue weighted by molar-refractivity contribution is 0.0597. The molecule has 0 heterocycles. The van der Waals surface area contributed by atoms with Crippen LogP contribution in [0.25, 0.3) is 0 Å². The lowest BCUT2D eigenvalue weighted by Crippen LogP contribution is -2.04. The van der Waals surface area contributed by atoms with Crippen LogP contribution in [0.3, 0.4) is 0 Å². The van der Waals surface area contributed by atoms with Crippen molar-refractivity contribution in [3.8, 4) is 0 Å². The van der Waals surface area contributed by atoms with Crippen molar-refractivity contribution in [3.63, 3.8) is 0 Å². The SMILES string of the molecule is COC(=O)c1cc(N)ccc1SCCC(C)C. The number of carbonyl (C=O) groups is 1. The van der Waals surface area contributed by atoms with Gasteiger partial charge < -0.3 is 10.5 Å². The monoisotopic (exact) mass is 253 g/mol. The number of thioether (sulfide) groups is 1. The summed E-state index contributed by atoms with van der Waals surface area (Å²) < 4.78 is 4.75. The van der Waals surface area contributed by atoms with Crippen molar-refractivity contribution in [3.05, 3.63) is 23.8 Å². The van der Waals surface area contributed by atoms with E-state index in [4.69, 9.17) is 10.5 Å². The van der Waals surface area contributed by atoms with Crippen LogP contribution in [0.2, 0.25) is 0 Å². The van der Waals surface area contributed by atoms with Gasteiger partial charge in [-0.15, -0.1) is 11.8 Å². The van der Waals surface area contributed by atoms with Crippen LogP contribution in [0.1, 0.15) is 30.6 Å². The minimum absolute atomic E-state index is 0.329. The Kier molecular flexibility index (Phi) is 5.35. The van der Waals surface area contributed by atoms with E-state index in [1.54, 1.807) is 17.8 Å². The molecular weight excluding hydrogens is 234 g/mol. The van der Waals surface area contributed by atoms with Gasteiger partial charge in [0.25, 0.3) is 0 Å². The van der Waals surface area contributed by atoms with Crippen molar-refractivity contribution >= 4 is 23.4 Å². The van der Waals surface area contributed by atoms with Gasteiger partial charge in [0, 0.05) is 10.6 Å². The van der Waals surface area contributed by atoms with Crippen molar-refractivity contribution in [2.24, 2.45) is 5.92 Å². The number of rotatable bonds is 5. The topological polar surface area (TPSA) is 52.3 Å². The molecule has 0 unspecified atom stereocenters. The van der Waals surface area contributed by atoms with E-state index in [0.717, 1.165) is 17.1 Å². The van der Waals surface area contributed by atoms with E-state index in [0.29, 0.717) is 17.2 Å². The molecule has 1 rings (SSSR count). The molecule has 0 amide bonds. The lowest BCUT2D eigenvalue weighted by atomic mass is 10.2. The highest BCUT2D eigenvalue weighted by Crippen LogP contribution is 2.26. The zero-order valence-electron chi connectivity index (χ0n) is 10.5. The highest BCUT2D eigenvalue weighted by molar-refractivity contribution is 7.99. The quantitative estimate of drug-likeness (QED) is 0.497. The van der Waals surface area contributed by atoms with Crippen LogP contribution in [-0.4, -0.2) is 18.8 Å². The Morgan fingerprint density at radius 3 is 2.76 bits per heavy atom. The third-order valence-electron chi connectivity index (χ3n) is 2.36. The molecule has 0 aliphatic heterocycles. The molecule has 3 nitrogen and oxygen atoms in total. The van der Waals surface area contributed by atoms with E-state index in [1.165, 1.54) is 7.11 Å². The molecule has 4 heteroatoms. The molecule has 0 aliphatic carbocycles. The molecule has 0 aromatic heterocycles. The summed E-state index contributed by atoms with van der Waals surface area (Å²) in [6, 6.07) is 5.36. The van der Waals surface area contributed by atoms with E-state index >= 15 is 0 Å². The van der Waals surface area contributed by atoms with Gasteiger partial charge in [-0.2, -0.15) is 0 Å². The van der Waals surface area contributed by atoms with Crippen molar-refractivity contribution in [1.29, 1.82) is 0 Å². The van der Waals surface area contributed by atoms with E-state index in [1.807, 2.05) is 12.1 Å². The molecule has 0 aliphatic rings. The summed E-state index contributed by atoms with van der Waals surface area (Å²) in [6.07, 6.45) is 1.12. The fraction of sp³-hybridized carbons (Fsp3) is 0.462. The highest BCUT2D eigenvalue weighted by Gasteiger charge is 2.12. The molecule has 0 bridgehead atoms.